The van der Waals surface area contributed by atoms with Gasteiger partial charge in [0.25, 0.3) is 0 Å². The van der Waals surface area contributed by atoms with E-state index in [0.29, 0.717) is 44.5 Å². The smallest absolute Gasteiger partial charge is 0.326 e. The number of aliphatic carboxylic acids is 1. The summed E-state index contributed by atoms with van der Waals surface area (Å²) in [6.07, 6.45) is 4.30. The second kappa shape index (κ2) is 14.7. The van der Waals surface area contributed by atoms with Gasteiger partial charge in [-0.2, -0.15) is 11.8 Å². The lowest BCUT2D eigenvalue weighted by atomic mass is 10.1. The fourth-order valence-electron chi connectivity index (χ4n) is 3.59. The molecule has 0 bridgehead atoms. The molecule has 1 aliphatic heterocycles. The van der Waals surface area contributed by atoms with Crippen molar-refractivity contribution in [1.29, 1.82) is 0 Å². The Balaban J connectivity index is 2.85. The molecule has 0 unspecified atom stereocenters. The lowest BCUT2D eigenvalue weighted by Gasteiger charge is -2.28. The minimum atomic E-state index is -1.36. The molecule has 13 heteroatoms. The molecule has 33 heavy (non-hydrogen) atoms. The number of carboxylic acid groups (broad SMARTS) is 1. The molecule has 1 heterocycles. The first-order valence-corrected chi connectivity index (χ1v) is 12.4. The number of likely N-dealkylation sites (tertiary alicyclic amines) is 1. The maximum Gasteiger partial charge on any atom is 0.326 e. The van der Waals surface area contributed by atoms with Gasteiger partial charge in [0.15, 0.2) is 0 Å². The third-order valence-corrected chi connectivity index (χ3v) is 6.03. The number of hydrogen-bond acceptors (Lipinski definition) is 8. The van der Waals surface area contributed by atoms with Crippen LogP contribution in [0.3, 0.4) is 0 Å². The highest BCUT2D eigenvalue weighted by molar-refractivity contribution is 7.98. The predicted molar refractivity (Wildman–Crippen MR) is 124 cm³/mol. The van der Waals surface area contributed by atoms with Crippen molar-refractivity contribution in [2.75, 3.05) is 25.1 Å². The SMILES string of the molecule is CSCC[C@H](NC(=O)[C@H](CC(N)=O)NC(=O)[C@@H]1CCCN1C(=O)[C@@H](N)CCCCN)C(=O)O. The van der Waals surface area contributed by atoms with Crippen molar-refractivity contribution in [3.63, 3.8) is 0 Å². The van der Waals surface area contributed by atoms with Crippen molar-refractivity contribution < 1.29 is 29.1 Å². The molecule has 0 aromatic rings. The minimum absolute atomic E-state index is 0.173. The summed E-state index contributed by atoms with van der Waals surface area (Å²) in [4.78, 5) is 62.6. The Morgan fingerprint density at radius 2 is 1.82 bits per heavy atom. The van der Waals surface area contributed by atoms with E-state index in [1.807, 2.05) is 0 Å². The predicted octanol–water partition coefficient (Wildman–Crippen LogP) is -1.88. The topological polar surface area (TPSA) is 211 Å². The first kappa shape index (κ1) is 28.7. The second-order valence-corrected chi connectivity index (χ2v) is 8.98. The number of thioether (sulfide) groups is 1. The number of rotatable bonds is 15. The van der Waals surface area contributed by atoms with Crippen molar-refractivity contribution >= 4 is 41.4 Å². The van der Waals surface area contributed by atoms with Gasteiger partial charge >= 0.3 is 5.97 Å². The van der Waals surface area contributed by atoms with Gasteiger partial charge < -0.3 is 37.8 Å². The minimum Gasteiger partial charge on any atom is -0.480 e. The van der Waals surface area contributed by atoms with Crippen molar-refractivity contribution in [2.45, 2.75) is 69.1 Å². The number of carboxylic acids is 1. The number of carbonyl (C=O) groups excluding carboxylic acids is 4. The number of nitrogens with zero attached hydrogens (tertiary/aromatic N) is 1. The molecule has 1 aliphatic rings. The van der Waals surface area contributed by atoms with Gasteiger partial charge in [0.05, 0.1) is 12.5 Å². The van der Waals surface area contributed by atoms with Crippen LogP contribution in [-0.4, -0.2) is 88.9 Å². The maximum absolute atomic E-state index is 12.9. The molecule has 4 atom stereocenters. The Kier molecular flexibility index (Phi) is 12.8. The zero-order valence-corrected chi connectivity index (χ0v) is 19.8. The van der Waals surface area contributed by atoms with Gasteiger partial charge in [0.1, 0.15) is 18.1 Å². The average molecular weight is 489 g/mol. The Labute approximate surface area is 197 Å². The van der Waals surface area contributed by atoms with Gasteiger partial charge in [-0.15, -0.1) is 0 Å². The molecule has 9 N–H and O–H groups in total. The third-order valence-electron chi connectivity index (χ3n) is 5.39. The Morgan fingerprint density at radius 1 is 1.12 bits per heavy atom. The number of carbonyl (C=O) groups is 5. The van der Waals surface area contributed by atoms with Gasteiger partial charge in [-0.1, -0.05) is 6.42 Å². The van der Waals surface area contributed by atoms with Crippen LogP contribution < -0.4 is 27.8 Å². The largest absolute Gasteiger partial charge is 0.480 e. The Hall–Kier alpha value is -2.38. The van der Waals surface area contributed by atoms with Crippen molar-refractivity contribution in [3.8, 4) is 0 Å². The van der Waals surface area contributed by atoms with E-state index in [2.05, 4.69) is 10.6 Å². The van der Waals surface area contributed by atoms with Crippen molar-refractivity contribution in [3.05, 3.63) is 0 Å². The van der Waals surface area contributed by atoms with Crippen LogP contribution in [0.2, 0.25) is 0 Å². The summed E-state index contributed by atoms with van der Waals surface area (Å²) >= 11 is 1.42. The van der Waals surface area contributed by atoms with Crippen molar-refractivity contribution in [1.82, 2.24) is 15.5 Å². The summed E-state index contributed by atoms with van der Waals surface area (Å²) in [5, 5.41) is 14.1. The van der Waals surface area contributed by atoms with E-state index in [-0.39, 0.29) is 12.3 Å². The lowest BCUT2D eigenvalue weighted by molar-refractivity contribution is -0.143. The first-order chi connectivity index (χ1) is 15.6. The van der Waals surface area contributed by atoms with Crippen LogP contribution in [0.15, 0.2) is 0 Å². The van der Waals surface area contributed by atoms with E-state index < -0.39 is 54.3 Å². The molecule has 0 aromatic heterocycles. The Bertz CT molecular complexity index is 709. The molecule has 0 radical (unpaired) electrons. The number of nitrogens with one attached hydrogen (secondary N) is 2. The Morgan fingerprint density at radius 3 is 2.39 bits per heavy atom. The van der Waals surface area contributed by atoms with Gasteiger partial charge in [0.2, 0.25) is 23.6 Å². The van der Waals surface area contributed by atoms with E-state index in [4.69, 9.17) is 17.2 Å². The van der Waals surface area contributed by atoms with Crippen LogP contribution >= 0.6 is 11.8 Å². The molecule has 0 saturated carbocycles. The quantitative estimate of drug-likeness (QED) is 0.142. The second-order valence-electron chi connectivity index (χ2n) is 7.99. The van der Waals surface area contributed by atoms with Crippen LogP contribution in [0, 0.1) is 0 Å². The van der Waals surface area contributed by atoms with E-state index in [0.717, 1.165) is 6.42 Å². The summed E-state index contributed by atoms with van der Waals surface area (Å²) in [6, 6.07) is -4.13. The van der Waals surface area contributed by atoms with Gasteiger partial charge in [-0.05, 0) is 50.7 Å². The molecule has 1 rings (SSSR count). The number of hydrogen-bond donors (Lipinski definition) is 6. The van der Waals surface area contributed by atoms with Crippen molar-refractivity contribution in [2.24, 2.45) is 17.2 Å². The van der Waals surface area contributed by atoms with Crippen LogP contribution in [0.25, 0.3) is 0 Å². The highest BCUT2D eigenvalue weighted by Crippen LogP contribution is 2.19. The number of primary amides is 1. The molecular formula is C20H36N6O6S. The van der Waals surface area contributed by atoms with Gasteiger partial charge in [-0.25, -0.2) is 4.79 Å². The van der Waals surface area contributed by atoms with Crippen LogP contribution in [-0.2, 0) is 24.0 Å². The monoisotopic (exact) mass is 488 g/mol. The van der Waals surface area contributed by atoms with E-state index >= 15 is 0 Å². The summed E-state index contributed by atoms with van der Waals surface area (Å²) in [6.45, 7) is 0.850. The molecule has 1 saturated heterocycles. The zero-order valence-electron chi connectivity index (χ0n) is 19.0. The number of unbranched alkanes of at least 4 members (excludes halogenated alkanes) is 1. The summed E-state index contributed by atoms with van der Waals surface area (Å²) in [5.41, 5.74) is 16.7. The number of nitrogens with two attached hydrogens (primary N) is 3. The fraction of sp³-hybridized carbons (Fsp3) is 0.750. The highest BCUT2D eigenvalue weighted by Gasteiger charge is 2.38. The molecule has 1 fully saturated rings. The molecule has 4 amide bonds. The first-order valence-electron chi connectivity index (χ1n) is 11.0. The molecule has 188 valence electrons. The summed E-state index contributed by atoms with van der Waals surface area (Å²) in [7, 11) is 0. The van der Waals surface area contributed by atoms with E-state index in [9.17, 15) is 29.1 Å². The van der Waals surface area contributed by atoms with E-state index in [1.54, 1.807) is 6.26 Å². The normalized spacial score (nSPS) is 18.3. The summed E-state index contributed by atoms with van der Waals surface area (Å²) in [5.74, 6) is -3.37. The molecular weight excluding hydrogens is 452 g/mol. The summed E-state index contributed by atoms with van der Waals surface area (Å²) < 4.78 is 0. The van der Waals surface area contributed by atoms with Crippen LogP contribution in [0.4, 0.5) is 0 Å². The molecule has 0 aliphatic carbocycles. The average Bonchev–Trinajstić information content (AvgIpc) is 3.25. The zero-order chi connectivity index (χ0) is 25.0. The molecule has 0 spiro atoms. The fourth-order valence-corrected chi connectivity index (χ4v) is 4.06. The van der Waals surface area contributed by atoms with Crippen LogP contribution in [0.5, 0.6) is 0 Å². The lowest BCUT2D eigenvalue weighted by Crippen LogP contribution is -2.57. The highest BCUT2D eigenvalue weighted by atomic mass is 32.2. The third kappa shape index (κ3) is 9.56. The number of amides is 4. The maximum atomic E-state index is 12.9. The molecule has 12 nitrogen and oxygen atoms in total. The van der Waals surface area contributed by atoms with Gasteiger partial charge in [0, 0.05) is 6.54 Å². The molecule has 0 aromatic carbocycles. The van der Waals surface area contributed by atoms with E-state index in [1.165, 1.54) is 16.7 Å². The standard InChI is InChI=1S/C20H36N6O6S/c1-33-10-7-13(20(31)32)24-17(28)14(11-16(23)27)25-18(29)15-6-4-9-26(15)19(30)12(22)5-2-3-8-21/h12-15H,2-11,21-22H2,1H3,(H2,23,27)(H,24,28)(H,25,29)(H,31,32)/t12-,13-,14-,15-/m0/s1. The van der Waals surface area contributed by atoms with Crippen LogP contribution in [0.1, 0.15) is 44.9 Å². The van der Waals surface area contributed by atoms with Gasteiger partial charge in [-0.3, -0.25) is 19.2 Å².